The summed E-state index contributed by atoms with van der Waals surface area (Å²) in [6.45, 7) is 0. The first-order valence-electron chi connectivity index (χ1n) is 3.35. The minimum absolute atomic E-state index is 0.280. The van der Waals surface area contributed by atoms with Crippen LogP contribution in [0.4, 0.5) is 8.78 Å². The maximum atomic E-state index is 12.1. The van der Waals surface area contributed by atoms with Gasteiger partial charge in [0.15, 0.2) is 0 Å². The second-order valence-electron chi connectivity index (χ2n) is 2.35. The Morgan fingerprint density at radius 3 is 3.00 bits per heavy atom. The lowest BCUT2D eigenvalue weighted by atomic mass is 10.2. The summed E-state index contributed by atoms with van der Waals surface area (Å²) in [6, 6.07) is -0.933. The van der Waals surface area contributed by atoms with E-state index >= 15 is 0 Å². The van der Waals surface area contributed by atoms with Gasteiger partial charge in [0, 0.05) is 0 Å². The van der Waals surface area contributed by atoms with Crippen molar-refractivity contribution in [3.8, 4) is 0 Å². The Labute approximate surface area is 67.7 Å². The zero-order valence-corrected chi connectivity index (χ0v) is 6.66. The van der Waals surface area contributed by atoms with Crippen LogP contribution in [-0.4, -0.2) is 29.9 Å². The Balaban J connectivity index is 2.45. The molecule has 1 atom stereocenters. The highest BCUT2D eigenvalue weighted by molar-refractivity contribution is 7.99. The molecule has 1 heterocycles. The molecule has 11 heavy (non-hydrogen) atoms. The van der Waals surface area contributed by atoms with Gasteiger partial charge in [-0.2, -0.15) is 11.8 Å². The van der Waals surface area contributed by atoms with E-state index in [1.54, 1.807) is 0 Å². The highest BCUT2D eigenvalue weighted by atomic mass is 32.2. The van der Waals surface area contributed by atoms with Crippen LogP contribution in [0, 0.1) is 0 Å². The van der Waals surface area contributed by atoms with Crippen molar-refractivity contribution in [1.29, 1.82) is 0 Å². The average Bonchev–Trinajstić information content (AvgIpc) is 2.13. The van der Waals surface area contributed by atoms with E-state index in [1.165, 1.54) is 11.8 Å². The molecule has 1 unspecified atom stereocenters. The van der Waals surface area contributed by atoms with E-state index in [2.05, 4.69) is 5.32 Å². The summed E-state index contributed by atoms with van der Waals surface area (Å²) in [4.78, 5) is 10.7. The summed E-state index contributed by atoms with van der Waals surface area (Å²) in [5.74, 6) is 0.662. The fourth-order valence-electron chi connectivity index (χ4n) is 0.885. The fraction of sp³-hybridized carbons (Fsp3) is 0.833. The summed E-state index contributed by atoms with van der Waals surface area (Å²) in [6.07, 6.45) is -2.06. The molecule has 0 bridgehead atoms. The van der Waals surface area contributed by atoms with Crippen molar-refractivity contribution < 1.29 is 13.6 Å². The van der Waals surface area contributed by atoms with Gasteiger partial charge in [0.1, 0.15) is 0 Å². The lowest BCUT2D eigenvalue weighted by molar-refractivity contribution is -0.120. The van der Waals surface area contributed by atoms with Crippen LogP contribution in [0.2, 0.25) is 0 Å². The fourth-order valence-corrected chi connectivity index (χ4v) is 1.72. The normalized spacial score (nSPS) is 26.5. The number of hydrogen-bond donors (Lipinski definition) is 1. The molecule has 5 heteroatoms. The smallest absolute Gasteiger partial charge is 0.258 e. The van der Waals surface area contributed by atoms with E-state index in [-0.39, 0.29) is 5.91 Å². The molecule has 64 valence electrons. The summed E-state index contributed by atoms with van der Waals surface area (Å²) in [5, 5.41) is 2.27. The molecule has 1 aliphatic heterocycles. The summed E-state index contributed by atoms with van der Waals surface area (Å²) >= 11 is 1.40. The van der Waals surface area contributed by atoms with Crippen molar-refractivity contribution in [3.05, 3.63) is 0 Å². The minimum Gasteiger partial charge on any atom is -0.347 e. The first-order valence-corrected chi connectivity index (χ1v) is 4.51. The highest BCUT2D eigenvalue weighted by Gasteiger charge is 2.24. The molecule has 1 N–H and O–H groups in total. The van der Waals surface area contributed by atoms with Crippen molar-refractivity contribution in [2.45, 2.75) is 18.9 Å². The molecule has 1 rings (SSSR count). The Hall–Kier alpha value is -0.320. The Morgan fingerprint density at radius 1 is 1.64 bits per heavy atom. The number of amides is 1. The van der Waals surface area contributed by atoms with Gasteiger partial charge in [0.2, 0.25) is 5.91 Å². The zero-order chi connectivity index (χ0) is 8.27. The summed E-state index contributed by atoms with van der Waals surface area (Å²) < 4.78 is 24.1. The molecule has 2 nitrogen and oxygen atoms in total. The van der Waals surface area contributed by atoms with Gasteiger partial charge < -0.3 is 5.32 Å². The largest absolute Gasteiger partial charge is 0.347 e. The van der Waals surface area contributed by atoms with E-state index < -0.39 is 12.5 Å². The number of rotatable bonds is 1. The number of thioether (sulfide) groups is 1. The van der Waals surface area contributed by atoms with Crippen LogP contribution in [0.3, 0.4) is 0 Å². The SMILES string of the molecule is O=C1CSCCC(C(F)F)N1. The third-order valence-electron chi connectivity index (χ3n) is 1.46. The van der Waals surface area contributed by atoms with Crippen LogP contribution >= 0.6 is 11.8 Å². The van der Waals surface area contributed by atoms with Gasteiger partial charge in [-0.25, -0.2) is 8.78 Å². The summed E-state index contributed by atoms with van der Waals surface area (Å²) in [5.41, 5.74) is 0. The van der Waals surface area contributed by atoms with Gasteiger partial charge in [0.05, 0.1) is 11.8 Å². The predicted molar refractivity (Wildman–Crippen MR) is 39.9 cm³/mol. The van der Waals surface area contributed by atoms with Crippen molar-refractivity contribution >= 4 is 17.7 Å². The van der Waals surface area contributed by atoms with Crippen LogP contribution in [0.1, 0.15) is 6.42 Å². The molecule has 0 aliphatic carbocycles. The van der Waals surface area contributed by atoms with Gasteiger partial charge in [-0.3, -0.25) is 4.79 Å². The van der Waals surface area contributed by atoms with Crippen molar-refractivity contribution in [3.63, 3.8) is 0 Å². The van der Waals surface area contributed by atoms with Crippen molar-refractivity contribution in [2.24, 2.45) is 0 Å². The van der Waals surface area contributed by atoms with Crippen LogP contribution in [0.25, 0.3) is 0 Å². The topological polar surface area (TPSA) is 29.1 Å². The van der Waals surface area contributed by atoms with Crippen LogP contribution in [0.5, 0.6) is 0 Å². The molecule has 1 amide bonds. The standard InChI is InChI=1S/C6H9F2NOS/c7-6(8)4-1-2-11-3-5(10)9-4/h4,6H,1-3H2,(H,9,10). The molecular weight excluding hydrogens is 172 g/mol. The average molecular weight is 181 g/mol. The number of carbonyl (C=O) groups is 1. The maximum Gasteiger partial charge on any atom is 0.258 e. The summed E-state index contributed by atoms with van der Waals surface area (Å²) in [7, 11) is 0. The van der Waals surface area contributed by atoms with Gasteiger partial charge in [0.25, 0.3) is 6.43 Å². The number of alkyl halides is 2. The molecular formula is C6H9F2NOS. The molecule has 0 radical (unpaired) electrons. The highest BCUT2D eigenvalue weighted by Crippen LogP contribution is 2.14. The number of nitrogens with one attached hydrogen (secondary N) is 1. The van der Waals surface area contributed by atoms with Gasteiger partial charge >= 0.3 is 0 Å². The molecule has 1 saturated heterocycles. The molecule has 0 aromatic carbocycles. The number of hydrogen-bond acceptors (Lipinski definition) is 2. The first kappa shape index (κ1) is 8.77. The molecule has 0 aromatic heterocycles. The van der Waals surface area contributed by atoms with E-state index in [9.17, 15) is 13.6 Å². The Bertz CT molecular complexity index is 154. The molecule has 0 aromatic rings. The minimum atomic E-state index is -2.43. The monoisotopic (exact) mass is 181 g/mol. The van der Waals surface area contributed by atoms with E-state index in [1.807, 2.05) is 0 Å². The maximum absolute atomic E-state index is 12.1. The predicted octanol–water partition coefficient (Wildman–Crippen LogP) is 0.873. The van der Waals surface area contributed by atoms with Gasteiger partial charge in [-0.1, -0.05) is 0 Å². The van der Waals surface area contributed by atoms with Crippen molar-refractivity contribution in [2.75, 3.05) is 11.5 Å². The molecule has 1 fully saturated rings. The number of carbonyl (C=O) groups excluding carboxylic acids is 1. The van der Waals surface area contributed by atoms with E-state index in [0.717, 1.165) is 0 Å². The third kappa shape index (κ3) is 2.65. The third-order valence-corrected chi connectivity index (χ3v) is 2.45. The van der Waals surface area contributed by atoms with E-state index in [0.29, 0.717) is 17.9 Å². The van der Waals surface area contributed by atoms with Gasteiger partial charge in [-0.15, -0.1) is 0 Å². The molecule has 0 spiro atoms. The second-order valence-corrected chi connectivity index (χ2v) is 3.45. The molecule has 0 saturated carbocycles. The van der Waals surface area contributed by atoms with Crippen LogP contribution < -0.4 is 5.32 Å². The first-order chi connectivity index (χ1) is 5.20. The van der Waals surface area contributed by atoms with Crippen molar-refractivity contribution in [1.82, 2.24) is 5.32 Å². The Morgan fingerprint density at radius 2 is 2.36 bits per heavy atom. The van der Waals surface area contributed by atoms with Crippen LogP contribution in [0.15, 0.2) is 0 Å². The second kappa shape index (κ2) is 3.90. The quantitative estimate of drug-likeness (QED) is 0.650. The van der Waals surface area contributed by atoms with E-state index in [4.69, 9.17) is 0 Å². The molecule has 1 aliphatic rings. The number of halogens is 2. The zero-order valence-electron chi connectivity index (χ0n) is 5.85. The lowest BCUT2D eigenvalue weighted by Crippen LogP contribution is -2.39. The Kier molecular flexibility index (Phi) is 3.11. The lowest BCUT2D eigenvalue weighted by Gasteiger charge is -2.13. The van der Waals surface area contributed by atoms with Gasteiger partial charge in [-0.05, 0) is 12.2 Å². The van der Waals surface area contributed by atoms with Crippen LogP contribution in [-0.2, 0) is 4.79 Å².